The van der Waals surface area contributed by atoms with Crippen LogP contribution in [0.2, 0.25) is 0 Å². The minimum Gasteiger partial charge on any atom is -0.466 e. The summed E-state index contributed by atoms with van der Waals surface area (Å²) < 4.78 is 9.11. The number of hydrogen-bond donors (Lipinski definition) is 0. The van der Waals surface area contributed by atoms with Crippen molar-refractivity contribution in [3.8, 4) is 0 Å². The molecule has 160 valence electrons. The molecule has 0 aromatic rings. The highest BCUT2D eigenvalue weighted by Crippen LogP contribution is 2.08. The first-order valence-electron chi connectivity index (χ1n) is 9.64. The van der Waals surface area contributed by atoms with Crippen molar-refractivity contribution in [2.75, 3.05) is 20.3 Å². The minimum absolute atomic E-state index is 0.208. The zero-order chi connectivity index (χ0) is 21.9. The molecule has 1 fully saturated rings. The molecular formula is C22H37NO5. The first-order valence-corrected chi connectivity index (χ1v) is 9.64. The van der Waals surface area contributed by atoms with Crippen molar-refractivity contribution in [2.45, 2.75) is 59.3 Å². The van der Waals surface area contributed by atoms with Crippen molar-refractivity contribution in [1.29, 1.82) is 0 Å². The fourth-order valence-corrected chi connectivity index (χ4v) is 2.10. The van der Waals surface area contributed by atoms with Gasteiger partial charge in [0.05, 0.1) is 13.7 Å². The van der Waals surface area contributed by atoms with E-state index in [1.165, 1.54) is 26.0 Å². The number of carbonyl (C=O) groups excluding carboxylic acids is 3. The van der Waals surface area contributed by atoms with Crippen LogP contribution >= 0.6 is 0 Å². The van der Waals surface area contributed by atoms with Gasteiger partial charge in [-0.25, -0.2) is 9.59 Å². The molecule has 0 radical (unpaired) electrons. The monoisotopic (exact) mass is 395 g/mol. The zero-order valence-electron chi connectivity index (χ0n) is 18.0. The van der Waals surface area contributed by atoms with Crippen molar-refractivity contribution in [3.63, 3.8) is 0 Å². The molecule has 0 aromatic carbocycles. The number of ether oxygens (including phenoxy) is 2. The van der Waals surface area contributed by atoms with Gasteiger partial charge in [0, 0.05) is 24.6 Å². The Morgan fingerprint density at radius 2 is 1.86 bits per heavy atom. The van der Waals surface area contributed by atoms with Gasteiger partial charge in [-0.1, -0.05) is 52.8 Å². The number of nitrogens with zero attached hydrogens (tertiary/aromatic N) is 1. The van der Waals surface area contributed by atoms with Crippen molar-refractivity contribution in [2.24, 2.45) is 5.92 Å². The number of esters is 2. The smallest absolute Gasteiger partial charge is 0.332 e. The number of hydrogen-bond acceptors (Lipinski definition) is 5. The Morgan fingerprint density at radius 1 is 1.21 bits per heavy atom. The summed E-state index contributed by atoms with van der Waals surface area (Å²) in [5.74, 6) is 0.319. The molecule has 1 aliphatic rings. The van der Waals surface area contributed by atoms with Crippen molar-refractivity contribution < 1.29 is 23.9 Å². The summed E-state index contributed by atoms with van der Waals surface area (Å²) in [5, 5.41) is 0. The highest BCUT2D eigenvalue weighted by Gasteiger charge is 2.16. The van der Waals surface area contributed by atoms with Gasteiger partial charge in [-0.15, -0.1) is 0 Å². The number of carbonyl (C=O) groups is 3. The third-order valence-electron chi connectivity index (χ3n) is 3.70. The summed E-state index contributed by atoms with van der Waals surface area (Å²) in [6.45, 7) is 17.6. The number of unbranched alkanes of at least 4 members (excludes halogenated alkanes) is 2. The summed E-state index contributed by atoms with van der Waals surface area (Å²) in [4.78, 5) is 33.1. The average molecular weight is 396 g/mol. The Hall–Kier alpha value is -2.37. The van der Waals surface area contributed by atoms with E-state index in [4.69, 9.17) is 4.74 Å². The number of rotatable bonds is 9. The van der Waals surface area contributed by atoms with E-state index >= 15 is 0 Å². The van der Waals surface area contributed by atoms with Gasteiger partial charge in [0.2, 0.25) is 5.91 Å². The van der Waals surface area contributed by atoms with Crippen LogP contribution in [0.5, 0.6) is 0 Å². The topological polar surface area (TPSA) is 72.9 Å². The molecule has 1 saturated heterocycles. The minimum atomic E-state index is -0.347. The molecule has 0 unspecified atom stereocenters. The Kier molecular flexibility index (Phi) is 17.9. The van der Waals surface area contributed by atoms with Gasteiger partial charge < -0.3 is 14.4 Å². The summed E-state index contributed by atoms with van der Waals surface area (Å²) in [6, 6.07) is 0. The van der Waals surface area contributed by atoms with Gasteiger partial charge in [0.15, 0.2) is 0 Å². The molecule has 0 aromatic heterocycles. The van der Waals surface area contributed by atoms with Crippen molar-refractivity contribution >= 4 is 17.8 Å². The van der Waals surface area contributed by atoms with Crippen LogP contribution in [0.3, 0.4) is 0 Å². The van der Waals surface area contributed by atoms with E-state index in [-0.39, 0.29) is 17.8 Å². The molecule has 0 N–H and O–H groups in total. The van der Waals surface area contributed by atoms with Crippen LogP contribution < -0.4 is 0 Å². The molecule has 0 spiro atoms. The molecule has 28 heavy (non-hydrogen) atoms. The van der Waals surface area contributed by atoms with Crippen LogP contribution in [0, 0.1) is 5.92 Å². The van der Waals surface area contributed by atoms with E-state index in [2.05, 4.69) is 38.3 Å². The molecule has 0 aliphatic carbocycles. The Morgan fingerprint density at radius 3 is 2.18 bits per heavy atom. The largest absolute Gasteiger partial charge is 0.466 e. The van der Waals surface area contributed by atoms with Crippen LogP contribution in [0.15, 0.2) is 37.6 Å². The molecule has 1 amide bonds. The number of likely N-dealkylation sites (tertiary alicyclic amines) is 1. The van der Waals surface area contributed by atoms with Gasteiger partial charge in [-0.05, 0) is 31.9 Å². The summed E-state index contributed by atoms with van der Waals surface area (Å²) in [6.07, 6.45) is 9.08. The maximum absolute atomic E-state index is 10.7. The molecule has 0 bridgehead atoms. The van der Waals surface area contributed by atoms with Crippen LogP contribution in [-0.2, 0) is 23.9 Å². The zero-order valence-corrected chi connectivity index (χ0v) is 18.0. The lowest BCUT2D eigenvalue weighted by Crippen LogP contribution is -2.16. The van der Waals surface area contributed by atoms with Gasteiger partial charge in [0.1, 0.15) is 0 Å². The van der Waals surface area contributed by atoms with E-state index in [1.54, 1.807) is 18.0 Å². The Labute approximate surface area is 170 Å². The maximum Gasteiger partial charge on any atom is 0.332 e. The predicted octanol–water partition coefficient (Wildman–Crippen LogP) is 4.42. The van der Waals surface area contributed by atoms with Gasteiger partial charge in [0.25, 0.3) is 0 Å². The van der Waals surface area contributed by atoms with E-state index < -0.39 is 0 Å². The van der Waals surface area contributed by atoms with Gasteiger partial charge in [-0.2, -0.15) is 0 Å². The standard InChI is InChI=1S/C11H20O2.C6H9NO.C5H8O2/c1-4-11(12)13-9-7-5-6-8-10(2)3;1-2-7-5-3-4-6(7)8;1-4(2)5(6)7-3/h4,10H,1,5-9H2,2-3H3;2H,1,3-5H2;1H2,2-3H3. The first kappa shape index (κ1) is 27.8. The van der Waals surface area contributed by atoms with Crippen LogP contribution in [0.4, 0.5) is 0 Å². The summed E-state index contributed by atoms with van der Waals surface area (Å²) in [7, 11) is 1.33. The second kappa shape index (κ2) is 18.0. The van der Waals surface area contributed by atoms with Crippen LogP contribution in [0.25, 0.3) is 0 Å². The molecule has 1 heterocycles. The van der Waals surface area contributed by atoms with Gasteiger partial charge in [-0.3, -0.25) is 4.79 Å². The third-order valence-corrected chi connectivity index (χ3v) is 3.70. The fourth-order valence-electron chi connectivity index (χ4n) is 2.10. The van der Waals surface area contributed by atoms with E-state index in [0.29, 0.717) is 18.6 Å². The van der Waals surface area contributed by atoms with Crippen LogP contribution in [0.1, 0.15) is 59.3 Å². The van der Waals surface area contributed by atoms with Gasteiger partial charge >= 0.3 is 11.9 Å². The summed E-state index contributed by atoms with van der Waals surface area (Å²) in [5.41, 5.74) is 0.433. The lowest BCUT2D eigenvalue weighted by Gasteiger charge is -2.05. The maximum atomic E-state index is 10.7. The fraction of sp³-hybridized carbons (Fsp3) is 0.591. The Balaban J connectivity index is 0. The molecular weight excluding hydrogens is 358 g/mol. The second-order valence-corrected chi connectivity index (χ2v) is 6.76. The Bertz CT molecular complexity index is 511. The van der Waals surface area contributed by atoms with Crippen molar-refractivity contribution in [3.05, 3.63) is 37.6 Å². The SMILES string of the molecule is C=C(C)C(=O)OC.C=CC(=O)OCCCCCC(C)C.C=CN1CCCC1=O. The molecule has 1 aliphatic heterocycles. The summed E-state index contributed by atoms with van der Waals surface area (Å²) >= 11 is 0. The normalized spacial score (nSPS) is 12.2. The highest BCUT2D eigenvalue weighted by atomic mass is 16.5. The molecule has 0 saturated carbocycles. The van der Waals surface area contributed by atoms with E-state index in [9.17, 15) is 14.4 Å². The first-order chi connectivity index (χ1) is 13.2. The molecule has 6 nitrogen and oxygen atoms in total. The van der Waals surface area contributed by atoms with Crippen LogP contribution in [-0.4, -0.2) is 43.0 Å². The molecule has 0 atom stereocenters. The third kappa shape index (κ3) is 17.1. The molecule has 6 heteroatoms. The van der Waals surface area contributed by atoms with E-state index in [0.717, 1.165) is 31.7 Å². The quantitative estimate of drug-likeness (QED) is 0.328. The lowest BCUT2D eigenvalue weighted by atomic mass is 10.1. The predicted molar refractivity (Wildman–Crippen MR) is 112 cm³/mol. The second-order valence-electron chi connectivity index (χ2n) is 6.76. The number of amides is 1. The highest BCUT2D eigenvalue weighted by molar-refractivity contribution is 5.86. The van der Waals surface area contributed by atoms with Crippen molar-refractivity contribution in [1.82, 2.24) is 4.90 Å². The molecule has 1 rings (SSSR count). The number of methoxy groups -OCH3 is 1. The average Bonchev–Trinajstić information content (AvgIpc) is 3.09. The van der Waals surface area contributed by atoms with E-state index in [1.807, 2.05) is 0 Å². The lowest BCUT2D eigenvalue weighted by molar-refractivity contribution is -0.138.